The van der Waals surface area contributed by atoms with Crippen LogP contribution < -0.4 is 10.6 Å². The monoisotopic (exact) mass is 255 g/mol. The molecule has 0 spiro atoms. The highest BCUT2D eigenvalue weighted by molar-refractivity contribution is 6.07. The van der Waals surface area contributed by atoms with Gasteiger partial charge in [-0.1, -0.05) is 19.1 Å². The van der Waals surface area contributed by atoms with E-state index in [0.29, 0.717) is 11.3 Å². The summed E-state index contributed by atoms with van der Waals surface area (Å²) in [4.78, 5) is 16.2. The Morgan fingerprint density at radius 2 is 1.95 bits per heavy atom. The van der Waals surface area contributed by atoms with Crippen LogP contribution in [0.1, 0.15) is 22.8 Å². The minimum atomic E-state index is -0.143. The van der Waals surface area contributed by atoms with E-state index in [1.54, 1.807) is 25.5 Å². The first-order valence-corrected chi connectivity index (χ1v) is 6.26. The van der Waals surface area contributed by atoms with Crippen LogP contribution in [0.3, 0.4) is 0 Å². The average Bonchev–Trinajstić information content (AvgIpc) is 2.48. The molecule has 2 N–H and O–H groups in total. The van der Waals surface area contributed by atoms with Crippen molar-refractivity contribution in [1.82, 2.24) is 4.98 Å². The number of anilines is 2. The van der Waals surface area contributed by atoms with Gasteiger partial charge in [-0.3, -0.25) is 9.78 Å². The summed E-state index contributed by atoms with van der Waals surface area (Å²) in [6, 6.07) is 9.55. The highest BCUT2D eigenvalue weighted by Gasteiger charge is 2.10. The van der Waals surface area contributed by atoms with Crippen molar-refractivity contribution in [3.63, 3.8) is 0 Å². The van der Waals surface area contributed by atoms with E-state index in [-0.39, 0.29) is 5.91 Å². The standard InChI is InChI=1S/C15H17N3O/c1-3-11-4-6-12(7-5-11)18-15(19)13-8-9-17-10-14(13)16-2/h4-10,16H,3H2,1-2H3,(H,18,19). The highest BCUT2D eigenvalue weighted by Crippen LogP contribution is 2.16. The van der Waals surface area contributed by atoms with E-state index in [1.807, 2.05) is 24.3 Å². The van der Waals surface area contributed by atoms with Gasteiger partial charge >= 0.3 is 0 Å². The molecule has 0 bridgehead atoms. The Morgan fingerprint density at radius 1 is 1.21 bits per heavy atom. The van der Waals surface area contributed by atoms with Crippen molar-refractivity contribution < 1.29 is 4.79 Å². The fourth-order valence-corrected chi connectivity index (χ4v) is 1.81. The minimum Gasteiger partial charge on any atom is -0.386 e. The predicted molar refractivity (Wildman–Crippen MR) is 77.6 cm³/mol. The van der Waals surface area contributed by atoms with E-state index in [0.717, 1.165) is 12.1 Å². The summed E-state index contributed by atoms with van der Waals surface area (Å²) in [5.74, 6) is -0.143. The second kappa shape index (κ2) is 6.00. The lowest BCUT2D eigenvalue weighted by atomic mass is 10.1. The number of benzene rings is 1. The third-order valence-corrected chi connectivity index (χ3v) is 2.96. The molecule has 0 aliphatic heterocycles. The summed E-state index contributed by atoms with van der Waals surface area (Å²) in [6.07, 6.45) is 4.23. The number of aryl methyl sites for hydroxylation is 1. The maximum Gasteiger partial charge on any atom is 0.257 e. The molecule has 1 heterocycles. The molecule has 4 nitrogen and oxygen atoms in total. The van der Waals surface area contributed by atoms with Gasteiger partial charge in [-0.05, 0) is 30.2 Å². The molecule has 0 aliphatic rings. The van der Waals surface area contributed by atoms with E-state index >= 15 is 0 Å². The summed E-state index contributed by atoms with van der Waals surface area (Å²) >= 11 is 0. The lowest BCUT2D eigenvalue weighted by Crippen LogP contribution is -2.14. The Hall–Kier alpha value is -2.36. The van der Waals surface area contributed by atoms with Gasteiger partial charge in [0.15, 0.2) is 0 Å². The van der Waals surface area contributed by atoms with Crippen LogP contribution in [0.2, 0.25) is 0 Å². The van der Waals surface area contributed by atoms with Gasteiger partial charge in [0.05, 0.1) is 17.4 Å². The maximum absolute atomic E-state index is 12.2. The largest absolute Gasteiger partial charge is 0.386 e. The van der Waals surface area contributed by atoms with Crippen LogP contribution in [0.5, 0.6) is 0 Å². The number of pyridine rings is 1. The number of aromatic nitrogens is 1. The summed E-state index contributed by atoms with van der Waals surface area (Å²) in [7, 11) is 1.77. The third-order valence-electron chi connectivity index (χ3n) is 2.96. The van der Waals surface area contributed by atoms with Crippen LogP contribution in [-0.4, -0.2) is 17.9 Å². The summed E-state index contributed by atoms with van der Waals surface area (Å²) in [5, 5.41) is 5.83. The molecule has 1 amide bonds. The number of nitrogens with one attached hydrogen (secondary N) is 2. The van der Waals surface area contributed by atoms with Crippen LogP contribution in [-0.2, 0) is 6.42 Å². The van der Waals surface area contributed by atoms with E-state index < -0.39 is 0 Å². The molecular formula is C15H17N3O. The van der Waals surface area contributed by atoms with Gasteiger partial charge in [-0.15, -0.1) is 0 Å². The van der Waals surface area contributed by atoms with E-state index in [4.69, 9.17) is 0 Å². The van der Waals surface area contributed by atoms with Crippen molar-refractivity contribution in [1.29, 1.82) is 0 Å². The van der Waals surface area contributed by atoms with Crippen LogP contribution in [0.4, 0.5) is 11.4 Å². The number of carbonyl (C=O) groups excluding carboxylic acids is 1. The third kappa shape index (κ3) is 3.10. The zero-order valence-electron chi connectivity index (χ0n) is 11.1. The zero-order valence-corrected chi connectivity index (χ0v) is 11.1. The predicted octanol–water partition coefficient (Wildman–Crippen LogP) is 2.94. The first-order chi connectivity index (χ1) is 9.24. The molecule has 1 aromatic carbocycles. The topological polar surface area (TPSA) is 54.0 Å². The number of nitrogens with zero attached hydrogens (tertiary/aromatic N) is 1. The fourth-order valence-electron chi connectivity index (χ4n) is 1.81. The van der Waals surface area contributed by atoms with Crippen molar-refractivity contribution >= 4 is 17.3 Å². The SMILES string of the molecule is CCc1ccc(NC(=O)c2ccncc2NC)cc1. The molecule has 4 heteroatoms. The molecule has 2 rings (SSSR count). The van der Waals surface area contributed by atoms with Crippen molar-refractivity contribution in [2.24, 2.45) is 0 Å². The molecule has 0 fully saturated rings. The summed E-state index contributed by atoms with van der Waals surface area (Å²) in [6.45, 7) is 2.10. The van der Waals surface area contributed by atoms with E-state index in [2.05, 4.69) is 22.5 Å². The van der Waals surface area contributed by atoms with Crippen molar-refractivity contribution in [3.05, 3.63) is 53.9 Å². The molecule has 0 radical (unpaired) electrons. The minimum absolute atomic E-state index is 0.143. The van der Waals surface area contributed by atoms with Crippen molar-refractivity contribution in [3.8, 4) is 0 Å². The zero-order chi connectivity index (χ0) is 13.7. The fraction of sp³-hybridized carbons (Fsp3) is 0.200. The Labute approximate surface area is 112 Å². The maximum atomic E-state index is 12.2. The normalized spacial score (nSPS) is 10.0. The smallest absolute Gasteiger partial charge is 0.257 e. The average molecular weight is 255 g/mol. The number of amides is 1. The number of carbonyl (C=O) groups is 1. The Morgan fingerprint density at radius 3 is 2.58 bits per heavy atom. The molecule has 0 saturated heterocycles. The molecule has 0 atom stereocenters. The Kier molecular flexibility index (Phi) is 4.13. The second-order valence-electron chi connectivity index (χ2n) is 4.18. The van der Waals surface area contributed by atoms with Gasteiger partial charge in [0, 0.05) is 18.9 Å². The van der Waals surface area contributed by atoms with Gasteiger partial charge in [0.1, 0.15) is 0 Å². The molecule has 19 heavy (non-hydrogen) atoms. The molecular weight excluding hydrogens is 238 g/mol. The first kappa shape index (κ1) is 13.1. The summed E-state index contributed by atoms with van der Waals surface area (Å²) < 4.78 is 0. The molecule has 0 aliphatic carbocycles. The lowest BCUT2D eigenvalue weighted by molar-refractivity contribution is 0.102. The van der Waals surface area contributed by atoms with E-state index in [1.165, 1.54) is 5.56 Å². The quantitative estimate of drug-likeness (QED) is 0.883. The van der Waals surface area contributed by atoms with Crippen LogP contribution in [0.15, 0.2) is 42.7 Å². The van der Waals surface area contributed by atoms with Crippen LogP contribution in [0.25, 0.3) is 0 Å². The van der Waals surface area contributed by atoms with Crippen LogP contribution >= 0.6 is 0 Å². The number of hydrogen-bond acceptors (Lipinski definition) is 3. The number of rotatable bonds is 4. The molecule has 1 aromatic heterocycles. The van der Waals surface area contributed by atoms with Crippen molar-refractivity contribution in [2.75, 3.05) is 17.7 Å². The van der Waals surface area contributed by atoms with E-state index in [9.17, 15) is 4.79 Å². The molecule has 98 valence electrons. The highest BCUT2D eigenvalue weighted by atomic mass is 16.1. The number of hydrogen-bond donors (Lipinski definition) is 2. The summed E-state index contributed by atoms with van der Waals surface area (Å²) in [5.41, 5.74) is 3.33. The van der Waals surface area contributed by atoms with Crippen LogP contribution in [0, 0.1) is 0 Å². The van der Waals surface area contributed by atoms with Gasteiger partial charge in [-0.2, -0.15) is 0 Å². The van der Waals surface area contributed by atoms with Gasteiger partial charge < -0.3 is 10.6 Å². The second-order valence-corrected chi connectivity index (χ2v) is 4.18. The molecule has 0 saturated carbocycles. The van der Waals surface area contributed by atoms with Gasteiger partial charge in [0.25, 0.3) is 5.91 Å². The molecule has 2 aromatic rings. The van der Waals surface area contributed by atoms with Crippen molar-refractivity contribution in [2.45, 2.75) is 13.3 Å². The lowest BCUT2D eigenvalue weighted by Gasteiger charge is -2.09. The molecule has 0 unspecified atom stereocenters. The first-order valence-electron chi connectivity index (χ1n) is 6.26. The Balaban J connectivity index is 2.16. The Bertz CT molecular complexity index is 564. The van der Waals surface area contributed by atoms with Gasteiger partial charge in [-0.25, -0.2) is 0 Å². The van der Waals surface area contributed by atoms with Gasteiger partial charge in [0.2, 0.25) is 0 Å².